The Morgan fingerprint density at radius 3 is 2.62 bits per heavy atom. The lowest BCUT2D eigenvalue weighted by Crippen LogP contribution is -2.04. The zero-order valence-corrected chi connectivity index (χ0v) is 16.4. The molecule has 0 amide bonds. The molecule has 3 aromatic heterocycles. The van der Waals surface area contributed by atoms with Gasteiger partial charge in [0.25, 0.3) is 0 Å². The zero-order chi connectivity index (χ0) is 20.8. The summed E-state index contributed by atoms with van der Waals surface area (Å²) in [5, 5.41) is 8.16. The van der Waals surface area contributed by atoms with E-state index in [9.17, 15) is 8.78 Å². The van der Waals surface area contributed by atoms with E-state index in [-0.39, 0.29) is 10.8 Å². The second-order valence-electron chi connectivity index (χ2n) is 5.92. The van der Waals surface area contributed by atoms with Crippen molar-refractivity contribution < 1.29 is 13.5 Å². The van der Waals surface area contributed by atoms with Crippen molar-refractivity contribution >= 4 is 11.6 Å². The second-order valence-corrected chi connectivity index (χ2v) is 6.33. The van der Waals surface area contributed by atoms with Gasteiger partial charge in [0.1, 0.15) is 23.1 Å². The highest BCUT2D eigenvalue weighted by Gasteiger charge is 2.11. The first-order chi connectivity index (χ1) is 13.9. The summed E-state index contributed by atoms with van der Waals surface area (Å²) in [6.45, 7) is 1.37. The van der Waals surface area contributed by atoms with Crippen molar-refractivity contribution in [1.29, 1.82) is 0 Å². The summed E-state index contributed by atoms with van der Waals surface area (Å²) in [7, 11) is 0. The number of hydrogen-bond donors (Lipinski definition) is 1. The molecule has 1 aromatic carbocycles. The molecule has 4 rings (SSSR count). The summed E-state index contributed by atoms with van der Waals surface area (Å²) in [6, 6.07) is 4.49. The van der Waals surface area contributed by atoms with Crippen LogP contribution >= 0.6 is 11.6 Å². The largest absolute Gasteiger partial charge is 0.433 e. The van der Waals surface area contributed by atoms with Gasteiger partial charge >= 0.3 is 6.61 Å². The van der Waals surface area contributed by atoms with Crippen LogP contribution in [0, 0.1) is 13.8 Å². The number of hydrogen-bond acceptors (Lipinski definition) is 5. The quantitative estimate of drug-likeness (QED) is 0.529. The Morgan fingerprint density at radius 2 is 2.03 bits per heavy atom. The highest BCUT2D eigenvalue weighted by molar-refractivity contribution is 6.32. The van der Waals surface area contributed by atoms with Gasteiger partial charge in [0, 0.05) is 30.9 Å². The van der Waals surface area contributed by atoms with E-state index >= 15 is 0 Å². The molecule has 0 radical (unpaired) electrons. The molecule has 0 saturated carbocycles. The number of ether oxygens (including phenoxy) is 1. The number of alkyl halides is 2. The highest BCUT2D eigenvalue weighted by atomic mass is 35.5. The van der Waals surface area contributed by atoms with Crippen molar-refractivity contribution in [3.8, 4) is 11.4 Å². The molecule has 0 aliphatic heterocycles. The van der Waals surface area contributed by atoms with Crippen LogP contribution in [0.3, 0.4) is 0 Å². The van der Waals surface area contributed by atoms with Crippen LogP contribution < -0.4 is 4.74 Å². The topological polar surface area (TPSA) is 86.4 Å². The van der Waals surface area contributed by atoms with Crippen molar-refractivity contribution in [3.63, 3.8) is 0 Å². The third-order valence-corrected chi connectivity index (χ3v) is 4.14. The van der Waals surface area contributed by atoms with Gasteiger partial charge in [-0.05, 0) is 26.0 Å². The monoisotopic (exact) mass is 421 g/mol. The third kappa shape index (κ3) is 5.61. The Morgan fingerprint density at radius 1 is 1.21 bits per heavy atom. The predicted molar refractivity (Wildman–Crippen MR) is 102 cm³/mol. The Labute approximate surface area is 170 Å². The minimum absolute atomic E-state index is 0.100. The first kappa shape index (κ1) is 20.5. The van der Waals surface area contributed by atoms with Crippen LogP contribution in [0.25, 0.3) is 5.69 Å². The Balaban J connectivity index is 0.000000343. The van der Waals surface area contributed by atoms with Crippen molar-refractivity contribution in [1.82, 2.24) is 34.5 Å². The number of halogens is 3. The van der Waals surface area contributed by atoms with E-state index in [1.807, 2.05) is 24.6 Å². The molecule has 0 atom stereocenters. The molecule has 0 unspecified atom stereocenters. The van der Waals surface area contributed by atoms with Crippen LogP contribution in [-0.4, -0.2) is 41.1 Å². The molecular formula is C18H18ClF2N7O. The number of nitrogens with one attached hydrogen (secondary N) is 1. The number of benzene rings is 1. The fourth-order valence-corrected chi connectivity index (χ4v) is 2.57. The van der Waals surface area contributed by atoms with Crippen LogP contribution in [0.2, 0.25) is 5.02 Å². The van der Waals surface area contributed by atoms with Gasteiger partial charge in [-0.1, -0.05) is 16.8 Å². The van der Waals surface area contributed by atoms with Crippen LogP contribution in [0.15, 0.2) is 49.2 Å². The number of aromatic nitrogens is 7. The molecule has 0 spiro atoms. The molecule has 0 aliphatic carbocycles. The summed E-state index contributed by atoms with van der Waals surface area (Å²) in [5.74, 6) is 1.72. The fraction of sp³-hybridized carbons (Fsp3) is 0.222. The van der Waals surface area contributed by atoms with Crippen molar-refractivity contribution in [2.24, 2.45) is 0 Å². The summed E-state index contributed by atoms with van der Waals surface area (Å²) < 4.78 is 32.5. The average Bonchev–Trinajstić information content (AvgIpc) is 3.42. The molecular weight excluding hydrogens is 404 g/mol. The second kappa shape index (κ2) is 9.28. The van der Waals surface area contributed by atoms with Gasteiger partial charge in [-0.25, -0.2) is 14.6 Å². The van der Waals surface area contributed by atoms with E-state index in [1.54, 1.807) is 30.9 Å². The Hall–Kier alpha value is -3.27. The number of rotatable bonds is 5. The average molecular weight is 422 g/mol. The van der Waals surface area contributed by atoms with E-state index < -0.39 is 6.61 Å². The molecule has 152 valence electrons. The van der Waals surface area contributed by atoms with E-state index in [0.717, 1.165) is 11.6 Å². The zero-order valence-electron chi connectivity index (χ0n) is 15.6. The highest BCUT2D eigenvalue weighted by Crippen LogP contribution is 2.28. The third-order valence-electron chi connectivity index (χ3n) is 3.83. The van der Waals surface area contributed by atoms with Gasteiger partial charge in [0.05, 0.1) is 23.5 Å². The maximum absolute atomic E-state index is 12.4. The van der Waals surface area contributed by atoms with Crippen LogP contribution in [0.5, 0.6) is 5.75 Å². The molecule has 0 fully saturated rings. The van der Waals surface area contributed by atoms with Gasteiger partial charge in [-0.2, -0.15) is 8.78 Å². The van der Waals surface area contributed by atoms with E-state index in [4.69, 9.17) is 11.6 Å². The first-order valence-electron chi connectivity index (χ1n) is 8.52. The summed E-state index contributed by atoms with van der Waals surface area (Å²) in [5.41, 5.74) is 1.23. The summed E-state index contributed by atoms with van der Waals surface area (Å²) in [6.07, 6.45) is 8.78. The van der Waals surface area contributed by atoms with Gasteiger partial charge in [0.15, 0.2) is 0 Å². The van der Waals surface area contributed by atoms with Gasteiger partial charge < -0.3 is 14.3 Å². The maximum Gasteiger partial charge on any atom is 0.387 e. The molecule has 1 N–H and O–H groups in total. The minimum atomic E-state index is -2.95. The molecule has 8 nitrogen and oxygen atoms in total. The van der Waals surface area contributed by atoms with Crippen molar-refractivity contribution in [2.45, 2.75) is 27.0 Å². The standard InChI is InChI=1S/C14H12ClF2N5O.C4H6N2/c1-9-18-4-5-21(9)7-10-8-22(20-19-10)11-2-3-12(15)13(6-11)23-14(16)17;1-4-5-2-3-6-4/h2-6,8,14H,7H2,1H3;2-3H,1H3,(H,5,6). The molecule has 11 heteroatoms. The summed E-state index contributed by atoms with van der Waals surface area (Å²) >= 11 is 5.83. The normalized spacial score (nSPS) is 10.7. The van der Waals surface area contributed by atoms with Crippen LogP contribution in [0.4, 0.5) is 8.78 Å². The molecule has 0 aliphatic rings. The van der Waals surface area contributed by atoms with Gasteiger partial charge in [0.2, 0.25) is 0 Å². The SMILES string of the molecule is Cc1ncc[nH]1.Cc1nccn1Cc1cn(-c2ccc(Cl)c(OC(F)F)c2)nn1. The fourth-order valence-electron chi connectivity index (χ4n) is 2.41. The lowest BCUT2D eigenvalue weighted by Gasteiger charge is -2.08. The lowest BCUT2D eigenvalue weighted by molar-refractivity contribution is -0.0497. The Kier molecular flexibility index (Phi) is 6.55. The molecule has 3 heterocycles. The molecule has 0 bridgehead atoms. The number of aromatic amines is 1. The number of nitrogens with zero attached hydrogens (tertiary/aromatic N) is 6. The number of imidazole rings is 2. The van der Waals surface area contributed by atoms with E-state index in [1.165, 1.54) is 16.8 Å². The Bertz CT molecular complexity index is 1050. The molecule has 29 heavy (non-hydrogen) atoms. The van der Waals surface area contributed by atoms with E-state index in [0.29, 0.717) is 17.9 Å². The maximum atomic E-state index is 12.4. The molecule has 4 aromatic rings. The van der Waals surface area contributed by atoms with Crippen LogP contribution in [-0.2, 0) is 6.54 Å². The predicted octanol–water partition coefficient (Wildman–Crippen LogP) is 3.79. The molecule has 0 saturated heterocycles. The number of H-pyrrole nitrogens is 1. The van der Waals surface area contributed by atoms with Crippen molar-refractivity contribution in [3.05, 3.63) is 71.5 Å². The van der Waals surface area contributed by atoms with Gasteiger partial charge in [-0.15, -0.1) is 5.10 Å². The number of aryl methyl sites for hydroxylation is 2. The smallest absolute Gasteiger partial charge is 0.387 e. The first-order valence-corrected chi connectivity index (χ1v) is 8.90. The van der Waals surface area contributed by atoms with Gasteiger partial charge in [-0.3, -0.25) is 0 Å². The van der Waals surface area contributed by atoms with E-state index in [2.05, 4.69) is 30.0 Å². The summed E-state index contributed by atoms with van der Waals surface area (Å²) in [4.78, 5) is 10.9. The lowest BCUT2D eigenvalue weighted by atomic mass is 10.3. The van der Waals surface area contributed by atoms with Crippen molar-refractivity contribution in [2.75, 3.05) is 0 Å². The minimum Gasteiger partial charge on any atom is -0.433 e. The van der Waals surface area contributed by atoms with Crippen LogP contribution in [0.1, 0.15) is 17.3 Å².